The van der Waals surface area contributed by atoms with Gasteiger partial charge < -0.3 is 0 Å². The van der Waals surface area contributed by atoms with Gasteiger partial charge in [-0.05, 0) is 73.5 Å². The molecule has 4 fully saturated rings. The Morgan fingerprint density at radius 3 is 2.40 bits per heavy atom. The number of hydrogen-bond donors (Lipinski definition) is 0. The molecule has 0 amide bonds. The van der Waals surface area contributed by atoms with Gasteiger partial charge in [0.25, 0.3) is 0 Å². The second kappa shape index (κ2) is 5.65. The molecular formula is C20H34. The van der Waals surface area contributed by atoms with Gasteiger partial charge in [0, 0.05) is 0 Å². The third-order valence-electron chi connectivity index (χ3n) is 7.90. The van der Waals surface area contributed by atoms with Crippen LogP contribution in [0, 0.1) is 41.4 Å². The van der Waals surface area contributed by atoms with Crippen LogP contribution in [-0.2, 0) is 0 Å². The van der Waals surface area contributed by atoms with Crippen LogP contribution in [0.3, 0.4) is 0 Å². The third-order valence-corrected chi connectivity index (χ3v) is 7.90. The van der Waals surface area contributed by atoms with Gasteiger partial charge in [0.2, 0.25) is 0 Å². The predicted octanol–water partition coefficient (Wildman–Crippen LogP) is 6.06. The first-order valence-electron chi connectivity index (χ1n) is 9.88. The summed E-state index contributed by atoms with van der Waals surface area (Å²) in [5.74, 6) is 8.04. The van der Waals surface area contributed by atoms with E-state index in [1.807, 2.05) is 0 Å². The van der Waals surface area contributed by atoms with Crippen LogP contribution in [-0.4, -0.2) is 0 Å². The van der Waals surface area contributed by atoms with Crippen LogP contribution in [0.5, 0.6) is 0 Å². The van der Waals surface area contributed by atoms with Gasteiger partial charge in [-0.15, -0.1) is 0 Å². The highest BCUT2D eigenvalue weighted by Crippen LogP contribution is 2.60. The van der Waals surface area contributed by atoms with E-state index < -0.39 is 0 Å². The lowest BCUT2D eigenvalue weighted by Gasteiger charge is -2.55. The van der Waals surface area contributed by atoms with Crippen LogP contribution in [0.2, 0.25) is 0 Å². The van der Waals surface area contributed by atoms with Gasteiger partial charge in [0.05, 0.1) is 0 Å². The molecule has 20 heavy (non-hydrogen) atoms. The van der Waals surface area contributed by atoms with Gasteiger partial charge in [-0.25, -0.2) is 0 Å². The van der Waals surface area contributed by atoms with E-state index in [4.69, 9.17) is 0 Å². The quantitative estimate of drug-likeness (QED) is 0.574. The van der Waals surface area contributed by atoms with Crippen LogP contribution >= 0.6 is 0 Å². The van der Waals surface area contributed by atoms with Crippen molar-refractivity contribution in [1.29, 1.82) is 0 Å². The zero-order chi connectivity index (χ0) is 13.5. The molecule has 0 aromatic heterocycles. The molecule has 0 aliphatic heterocycles. The van der Waals surface area contributed by atoms with E-state index in [0.717, 1.165) is 41.4 Å². The summed E-state index contributed by atoms with van der Waals surface area (Å²) in [6, 6.07) is 0. The Hall–Kier alpha value is 0. The maximum Gasteiger partial charge on any atom is -0.0324 e. The van der Waals surface area contributed by atoms with Crippen molar-refractivity contribution in [2.24, 2.45) is 41.4 Å². The lowest BCUT2D eigenvalue weighted by atomic mass is 9.50. The summed E-state index contributed by atoms with van der Waals surface area (Å²) >= 11 is 0. The molecule has 0 saturated heterocycles. The van der Waals surface area contributed by atoms with Crippen molar-refractivity contribution in [2.75, 3.05) is 0 Å². The van der Waals surface area contributed by atoms with E-state index in [9.17, 15) is 0 Å². The Balaban J connectivity index is 1.60. The second-order valence-corrected chi connectivity index (χ2v) is 8.67. The Morgan fingerprint density at radius 2 is 1.50 bits per heavy atom. The van der Waals surface area contributed by atoms with Crippen molar-refractivity contribution in [2.45, 2.75) is 84.0 Å². The van der Waals surface area contributed by atoms with Gasteiger partial charge in [-0.2, -0.15) is 0 Å². The molecule has 7 atom stereocenters. The summed E-state index contributed by atoms with van der Waals surface area (Å²) in [6.45, 7) is 2.43. The van der Waals surface area contributed by atoms with E-state index in [1.54, 1.807) is 70.6 Å². The maximum atomic E-state index is 2.43. The maximum absolute atomic E-state index is 2.43. The molecular weight excluding hydrogens is 240 g/mol. The molecule has 0 heterocycles. The van der Waals surface area contributed by atoms with Crippen LogP contribution in [0.25, 0.3) is 0 Å². The minimum atomic E-state index is 1.12. The average molecular weight is 274 g/mol. The Bertz CT molecular complexity index is 333. The zero-order valence-electron chi connectivity index (χ0n) is 13.5. The first-order chi connectivity index (χ1) is 9.88. The van der Waals surface area contributed by atoms with Crippen LogP contribution in [0.15, 0.2) is 0 Å². The van der Waals surface area contributed by atoms with Gasteiger partial charge >= 0.3 is 0 Å². The highest BCUT2D eigenvalue weighted by molar-refractivity contribution is 5.01. The molecule has 4 rings (SSSR count). The normalized spacial score (nSPS) is 51.1. The number of fused-ring (bicyclic) bond motifs is 5. The molecule has 6 unspecified atom stereocenters. The monoisotopic (exact) mass is 274 g/mol. The SMILES string of the molecule is CCC[C@@H]1CC2CCCCC2C2CCC3CCCC3C21. The van der Waals surface area contributed by atoms with E-state index in [2.05, 4.69) is 6.92 Å². The summed E-state index contributed by atoms with van der Waals surface area (Å²) in [7, 11) is 0. The highest BCUT2D eigenvalue weighted by Gasteiger charge is 2.51. The van der Waals surface area contributed by atoms with Crippen molar-refractivity contribution in [3.63, 3.8) is 0 Å². The molecule has 114 valence electrons. The molecule has 0 aromatic rings. The van der Waals surface area contributed by atoms with Crippen molar-refractivity contribution < 1.29 is 0 Å². The molecule has 0 aromatic carbocycles. The molecule has 0 spiro atoms. The number of rotatable bonds is 2. The molecule has 4 aliphatic carbocycles. The zero-order valence-corrected chi connectivity index (χ0v) is 13.5. The first-order valence-corrected chi connectivity index (χ1v) is 9.88. The first kappa shape index (κ1) is 13.6. The lowest BCUT2D eigenvalue weighted by molar-refractivity contribution is -0.0601. The van der Waals surface area contributed by atoms with Crippen LogP contribution < -0.4 is 0 Å². The minimum absolute atomic E-state index is 1.12. The van der Waals surface area contributed by atoms with E-state index in [0.29, 0.717) is 0 Å². The third kappa shape index (κ3) is 2.17. The Morgan fingerprint density at radius 1 is 0.700 bits per heavy atom. The lowest BCUT2D eigenvalue weighted by Crippen LogP contribution is -2.47. The summed E-state index contributed by atoms with van der Waals surface area (Å²) in [5, 5.41) is 0. The molecule has 0 bridgehead atoms. The Labute approximate surface area is 126 Å². The molecule has 0 N–H and O–H groups in total. The number of hydrogen-bond acceptors (Lipinski definition) is 0. The topological polar surface area (TPSA) is 0 Å². The van der Waals surface area contributed by atoms with Gasteiger partial charge in [0.1, 0.15) is 0 Å². The van der Waals surface area contributed by atoms with Gasteiger partial charge in [0.15, 0.2) is 0 Å². The molecule has 0 heteroatoms. The largest absolute Gasteiger partial charge is 0.0654 e. The molecule has 0 nitrogen and oxygen atoms in total. The van der Waals surface area contributed by atoms with Crippen molar-refractivity contribution >= 4 is 0 Å². The fraction of sp³-hybridized carbons (Fsp3) is 1.00. The van der Waals surface area contributed by atoms with E-state index in [-0.39, 0.29) is 0 Å². The summed E-state index contributed by atoms with van der Waals surface area (Å²) in [6.07, 6.45) is 18.9. The predicted molar refractivity (Wildman–Crippen MR) is 85.5 cm³/mol. The minimum Gasteiger partial charge on any atom is -0.0654 e. The standard InChI is InChI=1S/C20H34/c1-2-6-16-13-15-7-3-4-9-17(15)19-12-11-14-8-5-10-18(14)20(16)19/h14-20H,2-13H2,1H3/t14?,15?,16-,17?,18?,19?,20?/m1/s1. The average Bonchev–Trinajstić information content (AvgIpc) is 2.95. The highest BCUT2D eigenvalue weighted by atomic mass is 14.6. The summed E-state index contributed by atoms with van der Waals surface area (Å²) in [5.41, 5.74) is 0. The molecule has 4 saturated carbocycles. The fourth-order valence-corrected chi connectivity index (χ4v) is 7.37. The summed E-state index contributed by atoms with van der Waals surface area (Å²) < 4.78 is 0. The van der Waals surface area contributed by atoms with Crippen molar-refractivity contribution in [3.8, 4) is 0 Å². The van der Waals surface area contributed by atoms with Crippen LogP contribution in [0.1, 0.15) is 84.0 Å². The fourth-order valence-electron chi connectivity index (χ4n) is 7.37. The Kier molecular flexibility index (Phi) is 3.86. The molecule has 0 radical (unpaired) electrons. The molecule has 4 aliphatic rings. The van der Waals surface area contributed by atoms with Crippen LogP contribution in [0.4, 0.5) is 0 Å². The van der Waals surface area contributed by atoms with E-state index in [1.165, 1.54) is 6.42 Å². The smallest absolute Gasteiger partial charge is 0.0324 e. The second-order valence-electron chi connectivity index (χ2n) is 8.67. The van der Waals surface area contributed by atoms with Crippen molar-refractivity contribution in [3.05, 3.63) is 0 Å². The van der Waals surface area contributed by atoms with E-state index >= 15 is 0 Å². The van der Waals surface area contributed by atoms with Crippen molar-refractivity contribution in [1.82, 2.24) is 0 Å². The van der Waals surface area contributed by atoms with Gasteiger partial charge in [-0.1, -0.05) is 51.9 Å². The summed E-state index contributed by atoms with van der Waals surface area (Å²) in [4.78, 5) is 0. The van der Waals surface area contributed by atoms with Gasteiger partial charge in [-0.3, -0.25) is 0 Å².